The van der Waals surface area contributed by atoms with Crippen LogP contribution in [-0.2, 0) is 19.3 Å². The van der Waals surface area contributed by atoms with E-state index in [1.807, 2.05) is 35.2 Å². The van der Waals surface area contributed by atoms with Gasteiger partial charge in [0.2, 0.25) is 11.2 Å². The highest BCUT2D eigenvalue weighted by atomic mass is 19.4. The van der Waals surface area contributed by atoms with Crippen molar-refractivity contribution in [1.29, 1.82) is 0 Å². The first kappa shape index (κ1) is 22.0. The SMILES string of the molecule is COc1ccccc1-c1c(C(F)(F)F)oc2c3c(ccc2c1=O)OCN(Cc1ccccc1)C3. The summed E-state index contributed by atoms with van der Waals surface area (Å²) in [7, 11) is 1.34. The van der Waals surface area contributed by atoms with Crippen molar-refractivity contribution in [3.8, 4) is 22.6 Å². The van der Waals surface area contributed by atoms with Gasteiger partial charge in [0.15, 0.2) is 0 Å². The van der Waals surface area contributed by atoms with Gasteiger partial charge < -0.3 is 13.9 Å². The van der Waals surface area contributed by atoms with Gasteiger partial charge in [-0.25, -0.2) is 0 Å². The Bertz CT molecular complexity index is 1410. The Labute approximate surface area is 192 Å². The number of fused-ring (bicyclic) bond motifs is 3. The van der Waals surface area contributed by atoms with Crippen LogP contribution >= 0.6 is 0 Å². The molecule has 0 saturated heterocycles. The highest BCUT2D eigenvalue weighted by Crippen LogP contribution is 2.42. The minimum atomic E-state index is -4.90. The molecule has 5 rings (SSSR count). The predicted molar refractivity (Wildman–Crippen MR) is 121 cm³/mol. The quantitative estimate of drug-likeness (QED) is 0.378. The Morgan fingerprint density at radius 3 is 2.47 bits per heavy atom. The molecular formula is C26H20F3NO4. The molecule has 5 nitrogen and oxygen atoms in total. The summed E-state index contributed by atoms with van der Waals surface area (Å²) >= 11 is 0. The van der Waals surface area contributed by atoms with Crippen LogP contribution in [0.2, 0.25) is 0 Å². The number of hydrogen-bond donors (Lipinski definition) is 0. The van der Waals surface area contributed by atoms with Crippen LogP contribution in [0, 0.1) is 0 Å². The lowest BCUT2D eigenvalue weighted by Crippen LogP contribution is -2.32. The number of rotatable bonds is 4. The molecule has 0 N–H and O–H groups in total. The molecule has 0 atom stereocenters. The summed E-state index contributed by atoms with van der Waals surface area (Å²) in [5.74, 6) is -0.809. The van der Waals surface area contributed by atoms with Gasteiger partial charge in [-0.2, -0.15) is 13.2 Å². The fourth-order valence-electron chi connectivity index (χ4n) is 4.25. The smallest absolute Gasteiger partial charge is 0.450 e. The van der Waals surface area contributed by atoms with Gasteiger partial charge in [-0.15, -0.1) is 0 Å². The number of alkyl halides is 3. The molecule has 0 aliphatic carbocycles. The van der Waals surface area contributed by atoms with E-state index in [0.717, 1.165) is 5.56 Å². The Kier molecular flexibility index (Phi) is 5.53. The number of halogens is 3. The fourth-order valence-corrected chi connectivity index (χ4v) is 4.25. The molecule has 0 unspecified atom stereocenters. The van der Waals surface area contributed by atoms with E-state index in [-0.39, 0.29) is 35.6 Å². The largest absolute Gasteiger partial charge is 0.496 e. The number of nitrogens with zero attached hydrogens (tertiary/aromatic N) is 1. The van der Waals surface area contributed by atoms with Crippen molar-refractivity contribution in [1.82, 2.24) is 4.90 Å². The molecule has 2 heterocycles. The standard InChI is InChI=1S/C26H20F3NO4/c1-32-20-10-6-5-9-17(20)22-23(31)18-11-12-21-19(24(18)34-25(22)26(27,28)29)14-30(15-33-21)13-16-7-3-2-4-8-16/h2-12H,13-15H2,1H3. The third kappa shape index (κ3) is 3.90. The van der Waals surface area contributed by atoms with Gasteiger partial charge in [0.1, 0.15) is 23.8 Å². The molecule has 0 radical (unpaired) electrons. The van der Waals surface area contributed by atoms with E-state index >= 15 is 0 Å². The molecule has 0 saturated carbocycles. The third-order valence-electron chi connectivity index (χ3n) is 5.79. The number of para-hydroxylation sites is 1. The first-order valence-corrected chi connectivity index (χ1v) is 10.6. The maximum Gasteiger partial charge on any atom is 0.450 e. The van der Waals surface area contributed by atoms with Crippen molar-refractivity contribution in [3.63, 3.8) is 0 Å². The second-order valence-corrected chi connectivity index (χ2v) is 8.00. The van der Waals surface area contributed by atoms with Crippen LogP contribution in [0.5, 0.6) is 11.5 Å². The normalized spacial score (nSPS) is 14.0. The summed E-state index contributed by atoms with van der Waals surface area (Å²) in [4.78, 5) is 15.4. The lowest BCUT2D eigenvalue weighted by Gasteiger charge is -2.29. The van der Waals surface area contributed by atoms with Crippen molar-refractivity contribution in [2.24, 2.45) is 0 Å². The molecule has 8 heteroatoms. The topological polar surface area (TPSA) is 51.9 Å². The predicted octanol–water partition coefficient (Wildman–Crippen LogP) is 5.84. The van der Waals surface area contributed by atoms with E-state index in [0.29, 0.717) is 17.9 Å². The highest BCUT2D eigenvalue weighted by Gasteiger charge is 2.40. The lowest BCUT2D eigenvalue weighted by molar-refractivity contribution is -0.152. The van der Waals surface area contributed by atoms with Crippen LogP contribution in [0.3, 0.4) is 0 Å². The van der Waals surface area contributed by atoms with Gasteiger partial charge in [0.25, 0.3) is 0 Å². The fraction of sp³-hybridized carbons (Fsp3) is 0.192. The van der Waals surface area contributed by atoms with E-state index in [4.69, 9.17) is 13.9 Å². The minimum Gasteiger partial charge on any atom is -0.496 e. The Balaban J connectivity index is 1.69. The van der Waals surface area contributed by atoms with Gasteiger partial charge in [0, 0.05) is 18.7 Å². The van der Waals surface area contributed by atoms with Crippen molar-refractivity contribution >= 4 is 11.0 Å². The maximum atomic E-state index is 14.2. The van der Waals surface area contributed by atoms with Crippen molar-refractivity contribution in [3.05, 3.63) is 93.8 Å². The summed E-state index contributed by atoms with van der Waals surface area (Å²) in [5.41, 5.74) is -0.00486. The Morgan fingerprint density at radius 1 is 1.00 bits per heavy atom. The van der Waals surface area contributed by atoms with Crippen molar-refractivity contribution in [2.75, 3.05) is 13.8 Å². The van der Waals surface area contributed by atoms with Crippen LogP contribution < -0.4 is 14.9 Å². The zero-order valence-electron chi connectivity index (χ0n) is 18.2. The zero-order valence-corrected chi connectivity index (χ0v) is 18.2. The monoisotopic (exact) mass is 467 g/mol. The molecule has 1 aliphatic heterocycles. The molecule has 3 aromatic carbocycles. The number of ether oxygens (including phenoxy) is 2. The number of benzene rings is 3. The van der Waals surface area contributed by atoms with Crippen LogP contribution in [0.15, 0.2) is 75.9 Å². The van der Waals surface area contributed by atoms with Gasteiger partial charge in [-0.3, -0.25) is 9.69 Å². The molecule has 1 aromatic heterocycles. The molecule has 174 valence electrons. The van der Waals surface area contributed by atoms with E-state index in [1.165, 1.54) is 25.3 Å². The summed E-state index contributed by atoms with van der Waals surface area (Å²) in [5, 5.41) is 0.0535. The summed E-state index contributed by atoms with van der Waals surface area (Å²) in [6, 6.07) is 18.8. The van der Waals surface area contributed by atoms with Crippen LogP contribution in [-0.4, -0.2) is 18.7 Å². The molecule has 0 fully saturated rings. The molecule has 0 bridgehead atoms. The first-order chi connectivity index (χ1) is 16.4. The lowest BCUT2D eigenvalue weighted by atomic mass is 9.99. The van der Waals surface area contributed by atoms with Crippen molar-refractivity contribution < 1.29 is 27.1 Å². The number of hydrogen-bond acceptors (Lipinski definition) is 5. The second-order valence-electron chi connectivity index (χ2n) is 8.00. The van der Waals surface area contributed by atoms with E-state index in [9.17, 15) is 18.0 Å². The molecule has 34 heavy (non-hydrogen) atoms. The first-order valence-electron chi connectivity index (χ1n) is 10.6. The van der Waals surface area contributed by atoms with Gasteiger partial charge in [-0.05, 0) is 23.8 Å². The summed E-state index contributed by atoms with van der Waals surface area (Å²) in [6.07, 6.45) is -4.90. The minimum absolute atomic E-state index is 0.0210. The van der Waals surface area contributed by atoms with E-state index in [2.05, 4.69) is 0 Å². The van der Waals surface area contributed by atoms with E-state index < -0.39 is 22.9 Å². The molecule has 4 aromatic rings. The van der Waals surface area contributed by atoms with E-state index in [1.54, 1.807) is 18.2 Å². The molecule has 0 amide bonds. The maximum absolute atomic E-state index is 14.2. The molecule has 1 aliphatic rings. The average molecular weight is 467 g/mol. The molecule has 0 spiro atoms. The number of methoxy groups -OCH3 is 1. The van der Waals surface area contributed by atoms with Crippen LogP contribution in [0.1, 0.15) is 16.9 Å². The second kappa shape index (κ2) is 8.53. The third-order valence-corrected chi connectivity index (χ3v) is 5.79. The van der Waals surface area contributed by atoms with Gasteiger partial charge in [0.05, 0.1) is 23.6 Å². The van der Waals surface area contributed by atoms with Crippen LogP contribution in [0.4, 0.5) is 13.2 Å². The Hall–Kier alpha value is -3.78. The Morgan fingerprint density at radius 2 is 1.74 bits per heavy atom. The zero-order chi connectivity index (χ0) is 23.9. The highest BCUT2D eigenvalue weighted by molar-refractivity contribution is 5.88. The van der Waals surface area contributed by atoms with Gasteiger partial charge >= 0.3 is 6.18 Å². The van der Waals surface area contributed by atoms with Crippen LogP contribution in [0.25, 0.3) is 22.1 Å². The summed E-state index contributed by atoms with van der Waals surface area (Å²) in [6.45, 7) is 1.07. The molecular weight excluding hydrogens is 447 g/mol. The average Bonchev–Trinajstić information content (AvgIpc) is 2.84. The van der Waals surface area contributed by atoms with Gasteiger partial charge in [-0.1, -0.05) is 48.5 Å². The summed E-state index contributed by atoms with van der Waals surface area (Å²) < 4.78 is 59.0. The van der Waals surface area contributed by atoms with Crippen molar-refractivity contribution in [2.45, 2.75) is 19.3 Å².